The van der Waals surface area contributed by atoms with E-state index in [1.54, 1.807) is 0 Å². The molecule has 0 radical (unpaired) electrons. The van der Waals surface area contributed by atoms with Gasteiger partial charge in [0, 0.05) is 29.3 Å². The molecule has 0 heterocycles. The molecular formula is C15H25BrN2. The Balaban J connectivity index is 2.87. The second-order valence-electron chi connectivity index (χ2n) is 5.58. The number of benzene rings is 1. The van der Waals surface area contributed by atoms with Gasteiger partial charge < -0.3 is 10.6 Å². The summed E-state index contributed by atoms with van der Waals surface area (Å²) in [6.45, 7) is 8.80. The van der Waals surface area contributed by atoms with Gasteiger partial charge in [-0.25, -0.2) is 0 Å². The molecule has 0 fully saturated rings. The Morgan fingerprint density at radius 3 is 2.28 bits per heavy atom. The fourth-order valence-corrected chi connectivity index (χ4v) is 2.93. The average molecular weight is 313 g/mol. The Kier molecular flexibility index (Phi) is 5.67. The van der Waals surface area contributed by atoms with Crippen LogP contribution in [0, 0.1) is 5.92 Å². The van der Waals surface area contributed by atoms with Crippen molar-refractivity contribution in [2.75, 3.05) is 11.9 Å². The second kappa shape index (κ2) is 6.58. The first-order chi connectivity index (χ1) is 8.32. The highest BCUT2D eigenvalue weighted by atomic mass is 79.9. The van der Waals surface area contributed by atoms with Crippen molar-refractivity contribution in [1.82, 2.24) is 0 Å². The van der Waals surface area contributed by atoms with Crippen molar-refractivity contribution in [2.45, 2.75) is 46.2 Å². The van der Waals surface area contributed by atoms with Crippen LogP contribution >= 0.6 is 15.9 Å². The lowest BCUT2D eigenvalue weighted by Crippen LogP contribution is -2.30. The Morgan fingerprint density at radius 2 is 1.83 bits per heavy atom. The van der Waals surface area contributed by atoms with E-state index in [1.807, 2.05) is 6.92 Å². The van der Waals surface area contributed by atoms with Crippen molar-refractivity contribution in [2.24, 2.45) is 11.7 Å². The molecule has 0 saturated heterocycles. The van der Waals surface area contributed by atoms with Crippen LogP contribution in [0.3, 0.4) is 0 Å². The molecule has 0 aromatic heterocycles. The minimum atomic E-state index is 0.0619. The van der Waals surface area contributed by atoms with Gasteiger partial charge in [0.25, 0.3) is 0 Å². The molecular weight excluding hydrogens is 288 g/mol. The van der Waals surface area contributed by atoms with Gasteiger partial charge in [0.1, 0.15) is 0 Å². The number of halogens is 1. The van der Waals surface area contributed by atoms with Crippen molar-refractivity contribution in [1.29, 1.82) is 0 Å². The highest BCUT2D eigenvalue weighted by molar-refractivity contribution is 9.10. The summed E-state index contributed by atoms with van der Waals surface area (Å²) in [7, 11) is 2.15. The highest BCUT2D eigenvalue weighted by Gasteiger charge is 2.13. The van der Waals surface area contributed by atoms with Crippen LogP contribution in [0.5, 0.6) is 0 Å². The molecule has 2 nitrogen and oxygen atoms in total. The number of hydrogen-bond acceptors (Lipinski definition) is 2. The zero-order valence-electron chi connectivity index (χ0n) is 12.1. The van der Waals surface area contributed by atoms with Crippen molar-refractivity contribution in [3.63, 3.8) is 0 Å². The Hall–Kier alpha value is -0.540. The molecule has 18 heavy (non-hydrogen) atoms. The predicted octanol–water partition coefficient (Wildman–Crippen LogP) is 4.34. The van der Waals surface area contributed by atoms with E-state index in [9.17, 15) is 0 Å². The van der Waals surface area contributed by atoms with Crippen LogP contribution in [-0.2, 0) is 0 Å². The molecule has 0 saturated carbocycles. The maximum absolute atomic E-state index is 5.92. The molecule has 1 aromatic carbocycles. The molecule has 2 atom stereocenters. The number of nitrogens with two attached hydrogens (primary N) is 1. The van der Waals surface area contributed by atoms with Crippen LogP contribution < -0.4 is 10.6 Å². The summed E-state index contributed by atoms with van der Waals surface area (Å²) in [5.74, 6) is 0.717. The van der Waals surface area contributed by atoms with E-state index in [0.717, 1.165) is 10.0 Å². The van der Waals surface area contributed by atoms with Crippen LogP contribution in [0.15, 0.2) is 22.7 Å². The number of rotatable bonds is 5. The normalized spacial score (nSPS) is 14.7. The largest absolute Gasteiger partial charge is 0.372 e. The molecule has 0 bridgehead atoms. The SMILES string of the molecule is CC(C)CC(C)N(C)c1ccc([C@@H](C)N)c(Br)c1. The zero-order valence-corrected chi connectivity index (χ0v) is 13.7. The van der Waals surface area contributed by atoms with E-state index in [-0.39, 0.29) is 6.04 Å². The third-order valence-electron chi connectivity index (χ3n) is 3.36. The van der Waals surface area contributed by atoms with Crippen LogP contribution in [-0.4, -0.2) is 13.1 Å². The quantitative estimate of drug-likeness (QED) is 0.876. The highest BCUT2D eigenvalue weighted by Crippen LogP contribution is 2.28. The lowest BCUT2D eigenvalue weighted by atomic mass is 10.0. The van der Waals surface area contributed by atoms with Crippen molar-refractivity contribution < 1.29 is 0 Å². The molecule has 0 amide bonds. The van der Waals surface area contributed by atoms with Gasteiger partial charge in [0.05, 0.1) is 0 Å². The third kappa shape index (κ3) is 3.99. The zero-order chi connectivity index (χ0) is 13.9. The van der Waals surface area contributed by atoms with E-state index in [0.29, 0.717) is 12.0 Å². The van der Waals surface area contributed by atoms with Crippen LogP contribution in [0.1, 0.15) is 45.7 Å². The molecule has 3 heteroatoms. The summed E-state index contributed by atoms with van der Waals surface area (Å²) in [6.07, 6.45) is 1.20. The van der Waals surface area contributed by atoms with Gasteiger partial charge in [0.2, 0.25) is 0 Å². The van der Waals surface area contributed by atoms with Crippen LogP contribution in [0.25, 0.3) is 0 Å². The first-order valence-electron chi connectivity index (χ1n) is 6.60. The lowest BCUT2D eigenvalue weighted by Gasteiger charge is -2.29. The first-order valence-corrected chi connectivity index (χ1v) is 7.40. The van der Waals surface area contributed by atoms with E-state index in [2.05, 4.69) is 66.8 Å². The van der Waals surface area contributed by atoms with E-state index in [1.165, 1.54) is 12.1 Å². The maximum Gasteiger partial charge on any atom is 0.0377 e. The van der Waals surface area contributed by atoms with Gasteiger partial charge in [-0.2, -0.15) is 0 Å². The maximum atomic E-state index is 5.92. The number of hydrogen-bond donors (Lipinski definition) is 1. The summed E-state index contributed by atoms with van der Waals surface area (Å²) in [4.78, 5) is 2.33. The molecule has 2 N–H and O–H groups in total. The monoisotopic (exact) mass is 312 g/mol. The molecule has 0 aliphatic heterocycles. The fourth-order valence-electron chi connectivity index (χ4n) is 2.20. The summed E-state index contributed by atoms with van der Waals surface area (Å²) in [6, 6.07) is 7.03. The minimum Gasteiger partial charge on any atom is -0.372 e. The standard InChI is InChI=1S/C15H25BrN2/c1-10(2)8-11(3)18(5)13-6-7-14(12(4)17)15(16)9-13/h6-7,9-12H,8,17H2,1-5H3/t11?,12-/m1/s1. The molecule has 0 spiro atoms. The predicted molar refractivity (Wildman–Crippen MR) is 84.1 cm³/mol. The number of nitrogens with zero attached hydrogens (tertiary/aromatic N) is 1. The summed E-state index contributed by atoms with van der Waals surface area (Å²) >= 11 is 3.61. The Labute approximate surface area is 120 Å². The van der Waals surface area contributed by atoms with Gasteiger partial charge >= 0.3 is 0 Å². The van der Waals surface area contributed by atoms with Crippen molar-refractivity contribution >= 4 is 21.6 Å². The number of anilines is 1. The molecule has 0 aliphatic rings. The fraction of sp³-hybridized carbons (Fsp3) is 0.600. The smallest absolute Gasteiger partial charge is 0.0377 e. The van der Waals surface area contributed by atoms with Gasteiger partial charge in [0.15, 0.2) is 0 Å². The minimum absolute atomic E-state index is 0.0619. The van der Waals surface area contributed by atoms with Gasteiger partial charge in [-0.1, -0.05) is 35.8 Å². The molecule has 1 rings (SSSR count). The van der Waals surface area contributed by atoms with Crippen molar-refractivity contribution in [3.8, 4) is 0 Å². The van der Waals surface area contributed by atoms with E-state index < -0.39 is 0 Å². The van der Waals surface area contributed by atoms with Gasteiger partial charge in [-0.15, -0.1) is 0 Å². The molecule has 102 valence electrons. The van der Waals surface area contributed by atoms with Crippen LogP contribution in [0.4, 0.5) is 5.69 Å². The summed E-state index contributed by atoms with van der Waals surface area (Å²) in [5, 5.41) is 0. The average Bonchev–Trinajstić information content (AvgIpc) is 2.26. The molecule has 1 aromatic rings. The topological polar surface area (TPSA) is 29.3 Å². The molecule has 0 aliphatic carbocycles. The second-order valence-corrected chi connectivity index (χ2v) is 6.44. The first kappa shape index (κ1) is 15.5. The summed E-state index contributed by atoms with van der Waals surface area (Å²) in [5.41, 5.74) is 8.31. The summed E-state index contributed by atoms with van der Waals surface area (Å²) < 4.78 is 1.10. The lowest BCUT2D eigenvalue weighted by molar-refractivity contribution is 0.504. The Morgan fingerprint density at radius 1 is 1.22 bits per heavy atom. The van der Waals surface area contributed by atoms with E-state index in [4.69, 9.17) is 5.73 Å². The third-order valence-corrected chi connectivity index (χ3v) is 4.04. The van der Waals surface area contributed by atoms with Gasteiger partial charge in [-0.3, -0.25) is 0 Å². The van der Waals surface area contributed by atoms with E-state index >= 15 is 0 Å². The van der Waals surface area contributed by atoms with Crippen LogP contribution in [0.2, 0.25) is 0 Å². The molecule has 1 unspecified atom stereocenters. The van der Waals surface area contributed by atoms with Crippen molar-refractivity contribution in [3.05, 3.63) is 28.2 Å². The van der Waals surface area contributed by atoms with Gasteiger partial charge in [-0.05, 0) is 43.9 Å². The Bertz CT molecular complexity index is 388.